The fourth-order valence-corrected chi connectivity index (χ4v) is 5.13. The van der Waals surface area contributed by atoms with Crippen molar-refractivity contribution >= 4 is 46.4 Å². The molecule has 0 radical (unpaired) electrons. The van der Waals surface area contributed by atoms with Crippen LogP contribution in [0.5, 0.6) is 5.75 Å². The van der Waals surface area contributed by atoms with E-state index in [4.69, 9.17) is 32.7 Å². The number of ether oxygens (including phenoxy) is 2. The highest BCUT2D eigenvalue weighted by Gasteiger charge is 2.47. The van der Waals surface area contributed by atoms with E-state index >= 15 is 0 Å². The number of benzene rings is 3. The van der Waals surface area contributed by atoms with Gasteiger partial charge in [-0.1, -0.05) is 41.4 Å². The lowest BCUT2D eigenvalue weighted by atomic mass is 9.84. The number of hydrogen-bond acceptors (Lipinski definition) is 5. The first-order valence-corrected chi connectivity index (χ1v) is 12.3. The summed E-state index contributed by atoms with van der Waals surface area (Å²) in [6.45, 7) is 1.94. The molecule has 3 aromatic carbocycles. The Hall–Kier alpha value is -3.26. The summed E-state index contributed by atoms with van der Waals surface area (Å²) in [5.41, 5.74) is 1.94. The van der Waals surface area contributed by atoms with Crippen LogP contribution in [-0.4, -0.2) is 50.1 Å². The van der Waals surface area contributed by atoms with Crippen molar-refractivity contribution in [2.45, 2.75) is 12.0 Å². The Labute approximate surface area is 219 Å². The van der Waals surface area contributed by atoms with E-state index in [1.165, 1.54) is 0 Å². The van der Waals surface area contributed by atoms with Gasteiger partial charge in [-0.3, -0.25) is 9.59 Å². The van der Waals surface area contributed by atoms with Gasteiger partial charge in [-0.25, -0.2) is 0 Å². The molecule has 0 bridgehead atoms. The van der Waals surface area contributed by atoms with E-state index in [9.17, 15) is 9.59 Å². The van der Waals surface area contributed by atoms with Gasteiger partial charge in [0.1, 0.15) is 11.3 Å². The topological polar surface area (TPSA) is 79.9 Å². The fraction of sp³-hybridized carbons (Fsp3) is 0.259. The molecule has 2 aliphatic heterocycles. The highest BCUT2D eigenvalue weighted by molar-refractivity contribution is 6.31. The summed E-state index contributed by atoms with van der Waals surface area (Å²) in [6, 6.07) is 17.9. The summed E-state index contributed by atoms with van der Waals surface area (Å²) in [5.74, 6) is 0.136. The number of rotatable bonds is 6. The lowest BCUT2D eigenvalue weighted by Gasteiger charge is -2.33. The van der Waals surface area contributed by atoms with Crippen molar-refractivity contribution in [3.05, 3.63) is 87.4 Å². The van der Waals surface area contributed by atoms with Gasteiger partial charge in [0.2, 0.25) is 0 Å². The number of hydrogen-bond donors (Lipinski definition) is 2. The van der Waals surface area contributed by atoms with Crippen molar-refractivity contribution in [1.29, 1.82) is 0 Å². The third-order valence-electron chi connectivity index (χ3n) is 6.54. The number of fused-ring (bicyclic) bond motifs is 1. The summed E-state index contributed by atoms with van der Waals surface area (Å²) in [6.07, 6.45) is 0.297. The van der Waals surface area contributed by atoms with Crippen molar-refractivity contribution in [2.75, 3.05) is 44.0 Å². The van der Waals surface area contributed by atoms with Crippen LogP contribution in [0.15, 0.2) is 60.7 Å². The number of nitrogens with zero attached hydrogens (tertiary/aromatic N) is 1. The second-order valence-corrected chi connectivity index (χ2v) is 9.67. The Balaban J connectivity index is 1.62. The summed E-state index contributed by atoms with van der Waals surface area (Å²) < 4.78 is 10.8. The molecule has 3 aromatic rings. The molecule has 2 amide bonds. The van der Waals surface area contributed by atoms with Gasteiger partial charge in [0, 0.05) is 46.5 Å². The molecule has 0 spiro atoms. The first-order valence-electron chi connectivity index (χ1n) is 11.6. The molecule has 1 atom stereocenters. The zero-order chi connectivity index (χ0) is 25.3. The number of carbonyl (C=O) groups excluding carboxylic acids is 2. The van der Waals surface area contributed by atoms with E-state index in [2.05, 4.69) is 10.6 Å². The zero-order valence-electron chi connectivity index (χ0n) is 19.6. The largest absolute Gasteiger partial charge is 0.497 e. The van der Waals surface area contributed by atoms with Crippen LogP contribution in [0.4, 0.5) is 11.4 Å². The first-order chi connectivity index (χ1) is 17.4. The molecule has 7 nitrogen and oxygen atoms in total. The number of nitrogens with one attached hydrogen (secondary N) is 2. The zero-order valence-corrected chi connectivity index (χ0v) is 21.2. The number of morpholine rings is 1. The van der Waals surface area contributed by atoms with Crippen LogP contribution in [-0.2, 0) is 21.5 Å². The molecule has 186 valence electrons. The van der Waals surface area contributed by atoms with Gasteiger partial charge < -0.3 is 25.0 Å². The average Bonchev–Trinajstić information content (AvgIpc) is 3.14. The molecule has 9 heteroatoms. The predicted octanol–water partition coefficient (Wildman–Crippen LogP) is 4.98. The second kappa shape index (κ2) is 10.0. The molecule has 1 fully saturated rings. The molecule has 1 unspecified atom stereocenters. The molecule has 2 aliphatic rings. The maximum atomic E-state index is 13.7. The van der Waals surface area contributed by atoms with Gasteiger partial charge >= 0.3 is 0 Å². The smallest absolute Gasteiger partial charge is 0.256 e. The standard InChI is InChI=1S/C27H25Cl2N3O4/c1-35-20-6-8-23(21(15-20)25(33)32-9-11-36-12-10-32)31-27(16-17-3-2-4-18(28)13-17)22-7-5-19(29)14-24(22)30-26(27)34/h2-8,13-15,31H,9-12,16H2,1H3,(H,30,34). The number of carbonyl (C=O) groups is 2. The van der Waals surface area contributed by atoms with Crippen LogP contribution >= 0.6 is 23.2 Å². The molecule has 5 rings (SSSR count). The Bertz CT molecular complexity index is 1330. The quantitative estimate of drug-likeness (QED) is 0.474. The minimum absolute atomic E-state index is 0.160. The maximum absolute atomic E-state index is 13.7. The van der Waals surface area contributed by atoms with Crippen molar-refractivity contribution in [2.24, 2.45) is 0 Å². The summed E-state index contributed by atoms with van der Waals surface area (Å²) in [7, 11) is 1.55. The summed E-state index contributed by atoms with van der Waals surface area (Å²) in [5, 5.41) is 7.51. The molecular formula is C27H25Cl2N3O4. The highest BCUT2D eigenvalue weighted by Crippen LogP contribution is 2.43. The van der Waals surface area contributed by atoms with Crippen molar-refractivity contribution < 1.29 is 19.1 Å². The lowest BCUT2D eigenvalue weighted by molar-refractivity contribution is -0.119. The van der Waals surface area contributed by atoms with Crippen LogP contribution in [0, 0.1) is 0 Å². The van der Waals surface area contributed by atoms with E-state index in [1.54, 1.807) is 48.4 Å². The van der Waals surface area contributed by atoms with Gasteiger partial charge in [-0.15, -0.1) is 0 Å². The molecule has 2 heterocycles. The number of anilines is 2. The molecular weight excluding hydrogens is 501 g/mol. The van der Waals surface area contributed by atoms with E-state index < -0.39 is 5.54 Å². The molecule has 0 saturated carbocycles. The van der Waals surface area contributed by atoms with Crippen LogP contribution in [0.1, 0.15) is 21.5 Å². The van der Waals surface area contributed by atoms with E-state index in [0.29, 0.717) is 65.5 Å². The summed E-state index contributed by atoms with van der Waals surface area (Å²) >= 11 is 12.5. The molecule has 1 saturated heterocycles. The average molecular weight is 526 g/mol. The van der Waals surface area contributed by atoms with E-state index in [-0.39, 0.29) is 11.8 Å². The first kappa shape index (κ1) is 24.4. The van der Waals surface area contributed by atoms with Gasteiger partial charge in [0.15, 0.2) is 0 Å². The van der Waals surface area contributed by atoms with Crippen molar-refractivity contribution in [1.82, 2.24) is 4.90 Å². The van der Waals surface area contributed by atoms with Gasteiger partial charge in [-0.2, -0.15) is 0 Å². The minimum atomic E-state index is -1.21. The number of methoxy groups -OCH3 is 1. The Morgan fingerprint density at radius 1 is 1.08 bits per heavy atom. The number of halogens is 2. The van der Waals surface area contributed by atoms with E-state index in [1.807, 2.05) is 24.3 Å². The normalized spacial score (nSPS) is 19.0. The minimum Gasteiger partial charge on any atom is -0.497 e. The van der Waals surface area contributed by atoms with Gasteiger partial charge in [0.05, 0.1) is 25.9 Å². The van der Waals surface area contributed by atoms with Crippen molar-refractivity contribution in [3.8, 4) is 5.75 Å². The Kier molecular flexibility index (Phi) is 6.79. The van der Waals surface area contributed by atoms with Crippen LogP contribution < -0.4 is 15.4 Å². The summed E-state index contributed by atoms with van der Waals surface area (Å²) in [4.78, 5) is 29.0. The van der Waals surface area contributed by atoms with Crippen molar-refractivity contribution in [3.63, 3.8) is 0 Å². The van der Waals surface area contributed by atoms with Crippen LogP contribution in [0.3, 0.4) is 0 Å². The number of amides is 2. The monoisotopic (exact) mass is 525 g/mol. The predicted molar refractivity (Wildman–Crippen MR) is 140 cm³/mol. The third kappa shape index (κ3) is 4.62. The maximum Gasteiger partial charge on any atom is 0.256 e. The van der Waals surface area contributed by atoms with Gasteiger partial charge in [-0.05, 0) is 48.0 Å². The lowest BCUT2D eigenvalue weighted by Crippen LogP contribution is -2.45. The SMILES string of the molecule is COc1ccc(NC2(Cc3cccc(Cl)c3)C(=O)Nc3cc(Cl)ccc32)c(C(=O)N2CCOCC2)c1. The highest BCUT2D eigenvalue weighted by atomic mass is 35.5. The van der Waals surface area contributed by atoms with Crippen LogP contribution in [0.25, 0.3) is 0 Å². The molecule has 2 N–H and O–H groups in total. The molecule has 0 aromatic heterocycles. The Morgan fingerprint density at radius 3 is 2.61 bits per heavy atom. The molecule has 0 aliphatic carbocycles. The third-order valence-corrected chi connectivity index (χ3v) is 7.01. The fourth-order valence-electron chi connectivity index (χ4n) is 4.74. The van der Waals surface area contributed by atoms with Gasteiger partial charge in [0.25, 0.3) is 11.8 Å². The second-order valence-electron chi connectivity index (χ2n) is 8.80. The Morgan fingerprint density at radius 2 is 1.86 bits per heavy atom. The molecule has 36 heavy (non-hydrogen) atoms. The van der Waals surface area contributed by atoms with E-state index in [0.717, 1.165) is 11.1 Å². The van der Waals surface area contributed by atoms with Crippen LogP contribution in [0.2, 0.25) is 10.0 Å².